The van der Waals surface area contributed by atoms with Gasteiger partial charge in [0.05, 0.1) is 12.8 Å². The molecule has 1 N–H and O–H groups in total. The van der Waals surface area contributed by atoms with Gasteiger partial charge in [0.1, 0.15) is 18.1 Å². The molecule has 0 radical (unpaired) electrons. The first-order valence-corrected chi connectivity index (χ1v) is 7.38. The summed E-state index contributed by atoms with van der Waals surface area (Å²) in [6.45, 7) is 4.01. The van der Waals surface area contributed by atoms with E-state index in [0.29, 0.717) is 11.5 Å². The number of urea groups is 1. The Kier molecular flexibility index (Phi) is 3.82. The zero-order chi connectivity index (χ0) is 16.4. The van der Waals surface area contributed by atoms with Crippen molar-refractivity contribution in [1.29, 1.82) is 0 Å². The van der Waals surface area contributed by atoms with Gasteiger partial charge in [-0.1, -0.05) is 12.1 Å². The molecule has 120 valence electrons. The molecule has 1 aliphatic heterocycles. The molecule has 3 rings (SSSR count). The molecule has 23 heavy (non-hydrogen) atoms. The summed E-state index contributed by atoms with van der Waals surface area (Å²) < 4.78 is 10.9. The highest BCUT2D eigenvalue weighted by Gasteiger charge is 2.50. The minimum absolute atomic E-state index is 0.176. The minimum atomic E-state index is -1.16. The van der Waals surface area contributed by atoms with Crippen molar-refractivity contribution in [1.82, 2.24) is 10.2 Å². The molecule has 1 fully saturated rings. The Morgan fingerprint density at radius 2 is 2.09 bits per heavy atom. The van der Waals surface area contributed by atoms with E-state index in [4.69, 9.17) is 9.15 Å². The topological polar surface area (TPSA) is 71.8 Å². The van der Waals surface area contributed by atoms with E-state index >= 15 is 0 Å². The van der Waals surface area contributed by atoms with Crippen LogP contribution in [-0.2, 0) is 10.3 Å². The lowest BCUT2D eigenvalue weighted by atomic mass is 9.99. The van der Waals surface area contributed by atoms with Crippen molar-refractivity contribution in [2.24, 2.45) is 0 Å². The molecule has 0 aliphatic carbocycles. The smallest absolute Gasteiger partial charge is 0.325 e. The van der Waals surface area contributed by atoms with Gasteiger partial charge in [0, 0.05) is 0 Å². The van der Waals surface area contributed by atoms with Gasteiger partial charge < -0.3 is 14.5 Å². The number of furan rings is 1. The van der Waals surface area contributed by atoms with Crippen LogP contribution < -0.4 is 10.1 Å². The Bertz CT molecular complexity index is 726. The van der Waals surface area contributed by atoms with E-state index in [2.05, 4.69) is 5.32 Å². The molecule has 1 aliphatic rings. The molecule has 0 bridgehead atoms. The highest BCUT2D eigenvalue weighted by atomic mass is 16.5. The Morgan fingerprint density at radius 1 is 1.26 bits per heavy atom. The fourth-order valence-electron chi connectivity index (χ4n) is 2.59. The SMILES string of the molecule is Cc1cccc(OCCN2C(=O)N[C@@](C)(c3ccco3)C2=O)c1. The Hall–Kier alpha value is -2.76. The normalized spacial score (nSPS) is 20.7. The van der Waals surface area contributed by atoms with E-state index in [0.717, 1.165) is 10.5 Å². The second-order valence-corrected chi connectivity index (χ2v) is 5.65. The van der Waals surface area contributed by atoms with Gasteiger partial charge in [-0.25, -0.2) is 4.79 Å². The van der Waals surface area contributed by atoms with Gasteiger partial charge in [0.2, 0.25) is 0 Å². The molecule has 6 heteroatoms. The maximum atomic E-state index is 12.6. The average Bonchev–Trinajstić information content (AvgIpc) is 3.11. The maximum absolute atomic E-state index is 12.6. The largest absolute Gasteiger partial charge is 0.492 e. The molecule has 1 atom stereocenters. The highest BCUT2D eigenvalue weighted by Crippen LogP contribution is 2.28. The number of carbonyl (C=O) groups is 2. The Morgan fingerprint density at radius 3 is 2.78 bits per heavy atom. The van der Waals surface area contributed by atoms with Crippen LogP contribution in [0.25, 0.3) is 0 Å². The van der Waals surface area contributed by atoms with Crippen molar-refractivity contribution in [2.45, 2.75) is 19.4 Å². The molecular weight excluding hydrogens is 296 g/mol. The van der Waals surface area contributed by atoms with Gasteiger partial charge in [-0.2, -0.15) is 0 Å². The number of hydrogen-bond donors (Lipinski definition) is 1. The summed E-state index contributed by atoms with van der Waals surface area (Å²) in [5, 5.41) is 2.68. The van der Waals surface area contributed by atoms with Crippen molar-refractivity contribution in [3.05, 3.63) is 54.0 Å². The molecule has 2 heterocycles. The van der Waals surface area contributed by atoms with E-state index in [1.54, 1.807) is 19.1 Å². The first-order valence-electron chi connectivity index (χ1n) is 7.38. The van der Waals surface area contributed by atoms with Crippen LogP contribution in [0, 0.1) is 6.92 Å². The van der Waals surface area contributed by atoms with Gasteiger partial charge in [0.25, 0.3) is 5.91 Å². The standard InChI is InChI=1S/C17H18N2O4/c1-12-5-3-6-13(11-12)22-10-8-19-15(20)17(2,18-16(19)21)14-7-4-9-23-14/h3-7,9,11H,8,10H2,1-2H3,(H,18,21)/t17-/m0/s1. The zero-order valence-corrected chi connectivity index (χ0v) is 13.0. The summed E-state index contributed by atoms with van der Waals surface area (Å²) >= 11 is 0. The van der Waals surface area contributed by atoms with Crippen LogP contribution in [0.2, 0.25) is 0 Å². The molecule has 1 aromatic carbocycles. The summed E-state index contributed by atoms with van der Waals surface area (Å²) in [4.78, 5) is 25.8. The van der Waals surface area contributed by atoms with Gasteiger partial charge in [-0.3, -0.25) is 9.69 Å². The van der Waals surface area contributed by atoms with Crippen LogP contribution in [0.4, 0.5) is 4.79 Å². The minimum Gasteiger partial charge on any atom is -0.492 e. The highest BCUT2D eigenvalue weighted by molar-refractivity contribution is 6.06. The lowest BCUT2D eigenvalue weighted by Gasteiger charge is -2.19. The molecule has 6 nitrogen and oxygen atoms in total. The summed E-state index contributed by atoms with van der Waals surface area (Å²) in [5.74, 6) is 0.786. The zero-order valence-electron chi connectivity index (χ0n) is 13.0. The molecular formula is C17H18N2O4. The fraction of sp³-hybridized carbons (Fsp3) is 0.294. The monoisotopic (exact) mass is 314 g/mol. The lowest BCUT2D eigenvalue weighted by molar-refractivity contribution is -0.131. The van der Waals surface area contributed by atoms with Crippen LogP contribution in [-0.4, -0.2) is 30.0 Å². The predicted octanol–water partition coefficient (Wildman–Crippen LogP) is 2.43. The second kappa shape index (κ2) is 5.79. The maximum Gasteiger partial charge on any atom is 0.325 e. The van der Waals surface area contributed by atoms with Crippen LogP contribution in [0.5, 0.6) is 5.75 Å². The summed E-state index contributed by atoms with van der Waals surface area (Å²) in [6.07, 6.45) is 1.48. The summed E-state index contributed by atoms with van der Waals surface area (Å²) in [7, 11) is 0. The lowest BCUT2D eigenvalue weighted by Crippen LogP contribution is -2.41. The van der Waals surface area contributed by atoms with Crippen LogP contribution in [0.15, 0.2) is 47.1 Å². The van der Waals surface area contributed by atoms with Crippen LogP contribution in [0.3, 0.4) is 0 Å². The van der Waals surface area contributed by atoms with E-state index in [1.165, 1.54) is 6.26 Å². The third-order valence-corrected chi connectivity index (χ3v) is 3.86. The van der Waals surface area contributed by atoms with Crippen LogP contribution in [0.1, 0.15) is 18.2 Å². The number of carbonyl (C=O) groups excluding carboxylic acids is 2. The number of ether oxygens (including phenoxy) is 1. The average molecular weight is 314 g/mol. The quantitative estimate of drug-likeness (QED) is 0.860. The molecule has 1 aromatic heterocycles. The Balaban J connectivity index is 1.65. The third-order valence-electron chi connectivity index (χ3n) is 3.86. The number of nitrogens with one attached hydrogen (secondary N) is 1. The number of rotatable bonds is 5. The molecule has 0 saturated carbocycles. The molecule has 3 amide bonds. The van der Waals surface area contributed by atoms with Gasteiger partial charge in [0.15, 0.2) is 5.54 Å². The van der Waals surface area contributed by atoms with Crippen molar-refractivity contribution < 1.29 is 18.7 Å². The van der Waals surface area contributed by atoms with Crippen molar-refractivity contribution in [3.63, 3.8) is 0 Å². The number of nitrogens with zero attached hydrogens (tertiary/aromatic N) is 1. The van der Waals surface area contributed by atoms with E-state index in [9.17, 15) is 9.59 Å². The van der Waals surface area contributed by atoms with Gasteiger partial charge >= 0.3 is 6.03 Å². The van der Waals surface area contributed by atoms with Gasteiger partial charge in [-0.05, 0) is 43.7 Å². The number of aryl methyl sites for hydroxylation is 1. The molecule has 1 saturated heterocycles. The van der Waals surface area contributed by atoms with Crippen LogP contribution >= 0.6 is 0 Å². The second-order valence-electron chi connectivity index (χ2n) is 5.65. The molecule has 0 spiro atoms. The van der Waals surface area contributed by atoms with E-state index in [1.807, 2.05) is 31.2 Å². The van der Waals surface area contributed by atoms with Crippen molar-refractivity contribution >= 4 is 11.9 Å². The van der Waals surface area contributed by atoms with Crippen molar-refractivity contribution in [2.75, 3.05) is 13.2 Å². The predicted molar refractivity (Wildman–Crippen MR) is 83.0 cm³/mol. The Labute approximate surface area is 134 Å². The molecule has 2 aromatic rings. The number of imide groups is 1. The number of benzene rings is 1. The fourth-order valence-corrected chi connectivity index (χ4v) is 2.59. The first kappa shape index (κ1) is 15.1. The van der Waals surface area contributed by atoms with Crippen molar-refractivity contribution in [3.8, 4) is 5.75 Å². The summed E-state index contributed by atoms with van der Waals surface area (Å²) in [5.41, 5.74) is -0.0768. The number of hydrogen-bond acceptors (Lipinski definition) is 4. The molecule has 0 unspecified atom stereocenters. The van der Waals surface area contributed by atoms with Gasteiger partial charge in [-0.15, -0.1) is 0 Å². The van der Waals surface area contributed by atoms with E-state index < -0.39 is 11.6 Å². The first-order chi connectivity index (χ1) is 11.0. The summed E-state index contributed by atoms with van der Waals surface area (Å²) in [6, 6.07) is 10.5. The number of amides is 3. The van der Waals surface area contributed by atoms with E-state index in [-0.39, 0.29) is 19.1 Å². The third kappa shape index (κ3) is 2.79.